The third-order valence-corrected chi connectivity index (χ3v) is 2.92. The summed E-state index contributed by atoms with van der Waals surface area (Å²) >= 11 is 0. The van der Waals surface area contributed by atoms with E-state index in [9.17, 15) is 4.79 Å². The number of ether oxygens (including phenoxy) is 1. The Balaban J connectivity index is 1.67. The molecule has 2 rings (SSSR count). The van der Waals surface area contributed by atoms with Gasteiger partial charge in [0.05, 0.1) is 12.8 Å². The quantitative estimate of drug-likeness (QED) is 0.765. The molecule has 0 aliphatic rings. The van der Waals surface area contributed by atoms with Crippen molar-refractivity contribution in [3.05, 3.63) is 54.4 Å². The highest BCUT2D eigenvalue weighted by atomic mass is 16.5. The van der Waals surface area contributed by atoms with E-state index in [4.69, 9.17) is 10.5 Å². The fraction of sp³-hybridized carbons (Fsp3) is 0.250. The number of nitrogens with two attached hydrogens (primary N) is 1. The van der Waals surface area contributed by atoms with Gasteiger partial charge >= 0.3 is 0 Å². The van der Waals surface area contributed by atoms with Crippen LogP contribution in [0.2, 0.25) is 0 Å². The molecule has 3 N–H and O–H groups in total. The first kappa shape index (κ1) is 15.0. The smallest absolute Gasteiger partial charge is 0.224 e. The molecule has 0 radical (unpaired) electrons. The van der Waals surface area contributed by atoms with Crippen molar-refractivity contribution in [3.63, 3.8) is 0 Å². The molecule has 0 unspecified atom stereocenters. The van der Waals surface area contributed by atoms with Crippen LogP contribution in [-0.2, 0) is 11.3 Å². The van der Waals surface area contributed by atoms with E-state index in [1.165, 1.54) is 0 Å². The Morgan fingerprint density at radius 1 is 1.24 bits per heavy atom. The monoisotopic (exact) mass is 285 g/mol. The highest BCUT2D eigenvalue weighted by Crippen LogP contribution is 2.10. The fourth-order valence-corrected chi connectivity index (χ4v) is 1.80. The summed E-state index contributed by atoms with van der Waals surface area (Å²) in [7, 11) is 0. The minimum Gasteiger partial charge on any atom is -0.492 e. The number of nitrogens with zero attached hydrogens (tertiary/aromatic N) is 1. The van der Waals surface area contributed by atoms with Gasteiger partial charge in [-0.2, -0.15) is 0 Å². The number of nitrogens with one attached hydrogen (secondary N) is 1. The van der Waals surface area contributed by atoms with Crippen LogP contribution in [-0.4, -0.2) is 17.5 Å². The number of aromatic nitrogens is 1. The number of benzene rings is 1. The van der Waals surface area contributed by atoms with E-state index in [1.807, 2.05) is 36.4 Å². The van der Waals surface area contributed by atoms with Crippen molar-refractivity contribution in [2.75, 3.05) is 11.9 Å². The van der Waals surface area contributed by atoms with E-state index in [-0.39, 0.29) is 5.91 Å². The number of anilines is 1. The lowest BCUT2D eigenvalue weighted by Crippen LogP contribution is -2.12. The topological polar surface area (TPSA) is 77.2 Å². The number of hydrogen-bond donors (Lipinski definition) is 2. The first-order chi connectivity index (χ1) is 10.3. The summed E-state index contributed by atoms with van der Waals surface area (Å²) in [6.45, 7) is 0.991. The van der Waals surface area contributed by atoms with Gasteiger partial charge in [-0.25, -0.2) is 0 Å². The predicted molar refractivity (Wildman–Crippen MR) is 81.9 cm³/mol. The molecule has 5 nitrogen and oxygen atoms in total. The Morgan fingerprint density at radius 3 is 2.71 bits per heavy atom. The van der Waals surface area contributed by atoms with Gasteiger partial charge in [0.25, 0.3) is 0 Å². The van der Waals surface area contributed by atoms with Crippen molar-refractivity contribution in [2.24, 2.45) is 5.73 Å². The summed E-state index contributed by atoms with van der Waals surface area (Å²) in [6, 6.07) is 11.2. The van der Waals surface area contributed by atoms with Gasteiger partial charge in [0.2, 0.25) is 5.91 Å². The van der Waals surface area contributed by atoms with Crippen LogP contribution < -0.4 is 15.8 Å². The van der Waals surface area contributed by atoms with E-state index < -0.39 is 0 Å². The second-order valence-corrected chi connectivity index (χ2v) is 4.59. The molecule has 1 aromatic carbocycles. The molecule has 0 atom stereocenters. The number of pyridine rings is 1. The molecular weight excluding hydrogens is 266 g/mol. The van der Waals surface area contributed by atoms with Crippen LogP contribution in [0, 0.1) is 0 Å². The molecule has 0 saturated heterocycles. The van der Waals surface area contributed by atoms with Crippen molar-refractivity contribution < 1.29 is 9.53 Å². The molecule has 2 aromatic rings. The maximum Gasteiger partial charge on any atom is 0.224 e. The number of carbonyl (C=O) groups is 1. The van der Waals surface area contributed by atoms with Crippen LogP contribution in [0.5, 0.6) is 5.75 Å². The van der Waals surface area contributed by atoms with Gasteiger partial charge in [-0.15, -0.1) is 0 Å². The summed E-state index contributed by atoms with van der Waals surface area (Å²) in [4.78, 5) is 15.7. The lowest BCUT2D eigenvalue weighted by atomic mass is 10.2. The SMILES string of the molecule is NCc1ccc(NC(=O)CCCOc2cccnc2)cc1. The molecule has 0 aliphatic heterocycles. The number of hydrogen-bond acceptors (Lipinski definition) is 4. The van der Waals surface area contributed by atoms with Crippen LogP contribution in [0.1, 0.15) is 18.4 Å². The molecule has 1 amide bonds. The van der Waals surface area contributed by atoms with E-state index in [1.54, 1.807) is 12.4 Å². The first-order valence-corrected chi connectivity index (χ1v) is 6.89. The molecule has 0 aliphatic carbocycles. The van der Waals surface area contributed by atoms with Crippen molar-refractivity contribution in [3.8, 4) is 5.75 Å². The maximum atomic E-state index is 11.8. The summed E-state index contributed by atoms with van der Waals surface area (Å²) in [5, 5.41) is 2.84. The zero-order valence-electron chi connectivity index (χ0n) is 11.8. The van der Waals surface area contributed by atoms with Gasteiger partial charge < -0.3 is 15.8 Å². The van der Waals surface area contributed by atoms with E-state index >= 15 is 0 Å². The van der Waals surface area contributed by atoms with Gasteiger partial charge in [0.15, 0.2) is 0 Å². The molecule has 0 bridgehead atoms. The van der Waals surface area contributed by atoms with Crippen LogP contribution in [0.15, 0.2) is 48.8 Å². The highest BCUT2D eigenvalue weighted by Gasteiger charge is 2.02. The molecule has 0 spiro atoms. The standard InChI is InChI=1S/C16H19N3O2/c17-11-13-5-7-14(8-6-13)19-16(20)4-2-10-21-15-3-1-9-18-12-15/h1,3,5-9,12H,2,4,10-11,17H2,(H,19,20). The Labute approximate surface area is 124 Å². The van der Waals surface area contributed by atoms with Crippen LogP contribution in [0.3, 0.4) is 0 Å². The zero-order chi connectivity index (χ0) is 14.9. The highest BCUT2D eigenvalue weighted by molar-refractivity contribution is 5.90. The van der Waals surface area contributed by atoms with E-state index in [2.05, 4.69) is 10.3 Å². The lowest BCUT2D eigenvalue weighted by Gasteiger charge is -2.07. The number of carbonyl (C=O) groups excluding carboxylic acids is 1. The molecular formula is C16H19N3O2. The maximum absolute atomic E-state index is 11.8. The Hall–Kier alpha value is -2.40. The predicted octanol–water partition coefficient (Wildman–Crippen LogP) is 2.34. The second kappa shape index (κ2) is 8.01. The molecule has 0 saturated carbocycles. The summed E-state index contributed by atoms with van der Waals surface area (Å²) < 4.78 is 5.48. The van der Waals surface area contributed by atoms with Gasteiger partial charge in [0, 0.05) is 24.8 Å². The third-order valence-electron chi connectivity index (χ3n) is 2.92. The van der Waals surface area contributed by atoms with Crippen molar-refractivity contribution in [1.29, 1.82) is 0 Å². The average molecular weight is 285 g/mol. The van der Waals surface area contributed by atoms with Crippen LogP contribution in [0.4, 0.5) is 5.69 Å². The van der Waals surface area contributed by atoms with Crippen LogP contribution in [0.25, 0.3) is 0 Å². The molecule has 5 heteroatoms. The first-order valence-electron chi connectivity index (χ1n) is 6.89. The van der Waals surface area contributed by atoms with Gasteiger partial charge in [-0.1, -0.05) is 12.1 Å². The van der Waals surface area contributed by atoms with Gasteiger partial charge in [0.1, 0.15) is 5.75 Å². The van der Waals surface area contributed by atoms with Crippen molar-refractivity contribution >= 4 is 11.6 Å². The van der Waals surface area contributed by atoms with Gasteiger partial charge in [-0.05, 0) is 36.2 Å². The minimum absolute atomic E-state index is 0.0229. The molecule has 110 valence electrons. The molecule has 1 heterocycles. The zero-order valence-corrected chi connectivity index (χ0v) is 11.8. The third kappa shape index (κ3) is 5.24. The number of rotatable bonds is 7. The Bertz CT molecular complexity index is 555. The van der Waals surface area contributed by atoms with E-state index in [0.29, 0.717) is 26.0 Å². The number of amides is 1. The van der Waals surface area contributed by atoms with Crippen molar-refractivity contribution in [1.82, 2.24) is 4.98 Å². The summed E-state index contributed by atoms with van der Waals surface area (Å²) in [5.41, 5.74) is 7.35. The minimum atomic E-state index is -0.0229. The molecule has 1 aromatic heterocycles. The van der Waals surface area contributed by atoms with Crippen LogP contribution >= 0.6 is 0 Å². The normalized spacial score (nSPS) is 10.1. The second-order valence-electron chi connectivity index (χ2n) is 4.59. The fourth-order valence-electron chi connectivity index (χ4n) is 1.80. The summed E-state index contributed by atoms with van der Waals surface area (Å²) in [6.07, 6.45) is 4.41. The Kier molecular flexibility index (Phi) is 5.72. The summed E-state index contributed by atoms with van der Waals surface area (Å²) in [5.74, 6) is 0.695. The van der Waals surface area contributed by atoms with Crippen molar-refractivity contribution in [2.45, 2.75) is 19.4 Å². The Morgan fingerprint density at radius 2 is 2.05 bits per heavy atom. The molecule has 21 heavy (non-hydrogen) atoms. The average Bonchev–Trinajstić information content (AvgIpc) is 2.53. The lowest BCUT2D eigenvalue weighted by molar-refractivity contribution is -0.116. The van der Waals surface area contributed by atoms with Gasteiger partial charge in [-0.3, -0.25) is 9.78 Å². The largest absolute Gasteiger partial charge is 0.492 e. The molecule has 0 fully saturated rings. The van der Waals surface area contributed by atoms with E-state index in [0.717, 1.165) is 17.0 Å².